The van der Waals surface area contributed by atoms with Crippen molar-refractivity contribution in [1.82, 2.24) is 0 Å². The zero-order valence-electron chi connectivity index (χ0n) is 9.75. The minimum Gasteiger partial charge on any atom is -0.497 e. The highest BCUT2D eigenvalue weighted by atomic mass is 35.5. The molecule has 0 amide bonds. The first-order valence-corrected chi connectivity index (χ1v) is 6.81. The van der Waals surface area contributed by atoms with Crippen molar-refractivity contribution in [3.63, 3.8) is 0 Å². The van der Waals surface area contributed by atoms with Gasteiger partial charge in [0.15, 0.2) is 0 Å². The van der Waals surface area contributed by atoms with Crippen LogP contribution in [0.15, 0.2) is 12.1 Å². The van der Waals surface area contributed by atoms with Crippen LogP contribution in [-0.4, -0.2) is 24.5 Å². The number of rotatable bonds is 1. The SMILES string of the molecule is COc1cc2c3c(c1)CC(Cl)CN3C(Cl)CC2. The Morgan fingerprint density at radius 3 is 2.82 bits per heavy atom. The molecule has 1 aromatic rings. The second-order valence-corrected chi connectivity index (χ2v) is 5.84. The molecule has 0 aromatic heterocycles. The first kappa shape index (κ1) is 11.5. The van der Waals surface area contributed by atoms with Crippen molar-refractivity contribution in [3.8, 4) is 5.75 Å². The second-order valence-electron chi connectivity index (χ2n) is 4.72. The van der Waals surface area contributed by atoms with E-state index in [1.54, 1.807) is 7.11 Å². The standard InChI is InChI=1S/C13H15Cl2NO/c1-17-11-5-8-2-3-12(15)16-7-10(14)4-9(6-11)13(8)16/h5-6,10,12H,2-4,7H2,1H3. The van der Waals surface area contributed by atoms with Crippen LogP contribution in [0.5, 0.6) is 5.75 Å². The summed E-state index contributed by atoms with van der Waals surface area (Å²) in [7, 11) is 1.71. The van der Waals surface area contributed by atoms with E-state index in [4.69, 9.17) is 27.9 Å². The molecule has 2 nitrogen and oxygen atoms in total. The third-order valence-corrected chi connectivity index (χ3v) is 4.34. The molecule has 0 saturated carbocycles. The Morgan fingerprint density at radius 1 is 1.29 bits per heavy atom. The molecule has 2 aliphatic heterocycles. The van der Waals surface area contributed by atoms with Gasteiger partial charge in [0.1, 0.15) is 11.3 Å². The summed E-state index contributed by atoms with van der Waals surface area (Å²) in [6, 6.07) is 4.22. The molecule has 4 heteroatoms. The maximum atomic E-state index is 6.39. The number of alkyl halides is 2. The van der Waals surface area contributed by atoms with Crippen molar-refractivity contribution < 1.29 is 4.74 Å². The van der Waals surface area contributed by atoms with Gasteiger partial charge in [0, 0.05) is 12.2 Å². The van der Waals surface area contributed by atoms with Gasteiger partial charge in [0.2, 0.25) is 0 Å². The van der Waals surface area contributed by atoms with Gasteiger partial charge in [0.05, 0.1) is 12.5 Å². The van der Waals surface area contributed by atoms with Crippen molar-refractivity contribution in [2.24, 2.45) is 0 Å². The van der Waals surface area contributed by atoms with Crippen LogP contribution in [0, 0.1) is 0 Å². The molecule has 0 N–H and O–H groups in total. The lowest BCUT2D eigenvalue weighted by Gasteiger charge is -2.41. The number of ether oxygens (including phenoxy) is 1. The Balaban J connectivity index is 2.14. The van der Waals surface area contributed by atoms with E-state index in [1.165, 1.54) is 16.8 Å². The molecule has 17 heavy (non-hydrogen) atoms. The lowest BCUT2D eigenvalue weighted by Crippen LogP contribution is -2.43. The average Bonchev–Trinajstić information content (AvgIpc) is 2.32. The molecular weight excluding hydrogens is 257 g/mol. The summed E-state index contributed by atoms with van der Waals surface area (Å²) in [5.74, 6) is 0.928. The molecule has 0 bridgehead atoms. The van der Waals surface area contributed by atoms with Crippen LogP contribution in [0.2, 0.25) is 0 Å². The molecule has 2 unspecified atom stereocenters. The van der Waals surface area contributed by atoms with Gasteiger partial charge in [-0.2, -0.15) is 0 Å². The van der Waals surface area contributed by atoms with Crippen molar-refractivity contribution in [2.45, 2.75) is 30.1 Å². The summed E-state index contributed by atoms with van der Waals surface area (Å²) >= 11 is 12.7. The summed E-state index contributed by atoms with van der Waals surface area (Å²) in [4.78, 5) is 2.25. The van der Waals surface area contributed by atoms with E-state index in [0.717, 1.165) is 31.6 Å². The summed E-state index contributed by atoms with van der Waals surface area (Å²) in [6.07, 6.45) is 2.91. The number of methoxy groups -OCH3 is 1. The Bertz CT molecular complexity index is 449. The Labute approximate surface area is 111 Å². The van der Waals surface area contributed by atoms with E-state index in [1.807, 2.05) is 0 Å². The molecular formula is C13H15Cl2NO. The summed E-state index contributed by atoms with van der Waals surface area (Å²) < 4.78 is 5.35. The van der Waals surface area contributed by atoms with Gasteiger partial charge in [-0.1, -0.05) is 11.6 Å². The highest BCUT2D eigenvalue weighted by Gasteiger charge is 2.33. The molecule has 0 aliphatic carbocycles. The van der Waals surface area contributed by atoms with E-state index in [2.05, 4.69) is 17.0 Å². The number of anilines is 1. The number of hydrogen-bond acceptors (Lipinski definition) is 2. The smallest absolute Gasteiger partial charge is 0.119 e. The van der Waals surface area contributed by atoms with Crippen LogP contribution in [0.1, 0.15) is 17.5 Å². The van der Waals surface area contributed by atoms with Gasteiger partial charge in [-0.3, -0.25) is 0 Å². The van der Waals surface area contributed by atoms with Crippen molar-refractivity contribution in [3.05, 3.63) is 23.3 Å². The van der Waals surface area contributed by atoms with Gasteiger partial charge in [-0.15, -0.1) is 11.6 Å². The van der Waals surface area contributed by atoms with Crippen LogP contribution in [0.25, 0.3) is 0 Å². The third-order valence-electron chi connectivity index (χ3n) is 3.59. The van der Waals surface area contributed by atoms with Gasteiger partial charge in [0.25, 0.3) is 0 Å². The van der Waals surface area contributed by atoms with Crippen LogP contribution in [0.4, 0.5) is 5.69 Å². The van der Waals surface area contributed by atoms with Crippen molar-refractivity contribution in [1.29, 1.82) is 0 Å². The highest BCUT2D eigenvalue weighted by Crippen LogP contribution is 2.41. The normalized spacial score (nSPS) is 26.6. The Morgan fingerprint density at radius 2 is 2.06 bits per heavy atom. The zero-order valence-corrected chi connectivity index (χ0v) is 11.3. The number of benzene rings is 1. The average molecular weight is 272 g/mol. The van der Waals surface area contributed by atoms with E-state index in [-0.39, 0.29) is 10.9 Å². The van der Waals surface area contributed by atoms with E-state index in [0.29, 0.717) is 0 Å². The fourth-order valence-electron chi connectivity index (χ4n) is 2.85. The molecule has 3 rings (SSSR count). The van der Waals surface area contributed by atoms with E-state index < -0.39 is 0 Å². The quantitative estimate of drug-likeness (QED) is 0.575. The van der Waals surface area contributed by atoms with Gasteiger partial charge in [-0.05, 0) is 42.5 Å². The van der Waals surface area contributed by atoms with Crippen LogP contribution in [0.3, 0.4) is 0 Å². The summed E-state index contributed by atoms with van der Waals surface area (Å²) in [5.41, 5.74) is 4.00. The monoisotopic (exact) mass is 271 g/mol. The van der Waals surface area contributed by atoms with E-state index >= 15 is 0 Å². The Kier molecular flexibility index (Phi) is 2.87. The molecule has 1 aromatic carbocycles. The zero-order chi connectivity index (χ0) is 12.0. The molecule has 0 saturated heterocycles. The largest absolute Gasteiger partial charge is 0.497 e. The number of aryl methyl sites for hydroxylation is 1. The molecule has 0 radical (unpaired) electrons. The van der Waals surface area contributed by atoms with E-state index in [9.17, 15) is 0 Å². The molecule has 92 valence electrons. The number of halogens is 2. The predicted octanol–water partition coefficient (Wildman–Crippen LogP) is 3.18. The minimum atomic E-state index is 0.0798. The molecule has 0 spiro atoms. The third kappa shape index (κ3) is 1.88. The molecule has 2 aliphatic rings. The maximum absolute atomic E-state index is 6.39. The molecule has 2 atom stereocenters. The first-order valence-electron chi connectivity index (χ1n) is 5.93. The highest BCUT2D eigenvalue weighted by molar-refractivity contribution is 6.23. The van der Waals surface area contributed by atoms with Crippen molar-refractivity contribution in [2.75, 3.05) is 18.6 Å². The predicted molar refractivity (Wildman–Crippen MR) is 71.6 cm³/mol. The topological polar surface area (TPSA) is 12.5 Å². The van der Waals surface area contributed by atoms with Gasteiger partial charge in [-0.25, -0.2) is 0 Å². The minimum absolute atomic E-state index is 0.0798. The fourth-order valence-corrected chi connectivity index (χ4v) is 3.46. The maximum Gasteiger partial charge on any atom is 0.119 e. The van der Waals surface area contributed by atoms with Gasteiger partial charge >= 0.3 is 0 Å². The first-order chi connectivity index (χ1) is 8.19. The van der Waals surface area contributed by atoms with Crippen LogP contribution in [-0.2, 0) is 12.8 Å². The van der Waals surface area contributed by atoms with Crippen molar-refractivity contribution >= 4 is 28.9 Å². The molecule has 0 fully saturated rings. The number of nitrogens with zero attached hydrogens (tertiary/aromatic N) is 1. The van der Waals surface area contributed by atoms with Crippen LogP contribution >= 0.6 is 23.2 Å². The number of hydrogen-bond donors (Lipinski definition) is 0. The van der Waals surface area contributed by atoms with Crippen LogP contribution < -0.4 is 9.64 Å². The van der Waals surface area contributed by atoms with Gasteiger partial charge < -0.3 is 9.64 Å². The summed E-state index contributed by atoms with van der Waals surface area (Å²) in [6.45, 7) is 0.849. The molecule has 2 heterocycles. The lowest BCUT2D eigenvalue weighted by molar-refractivity contribution is 0.412. The lowest BCUT2D eigenvalue weighted by atomic mass is 9.91. The summed E-state index contributed by atoms with van der Waals surface area (Å²) in [5, 5.41) is 0.141. The second kappa shape index (κ2) is 4.25. The fraction of sp³-hybridized carbons (Fsp3) is 0.538. The Hall–Kier alpha value is -0.600.